The van der Waals surface area contributed by atoms with Crippen LogP contribution in [-0.2, 0) is 0 Å². The van der Waals surface area contributed by atoms with Crippen molar-refractivity contribution in [2.45, 2.75) is 33.7 Å². The van der Waals surface area contributed by atoms with Crippen LogP contribution in [-0.4, -0.2) is 47.6 Å². The van der Waals surface area contributed by atoms with Crippen molar-refractivity contribution in [1.29, 1.82) is 0 Å². The Balaban J connectivity index is 2.63. The lowest BCUT2D eigenvalue weighted by Crippen LogP contribution is -2.35. The van der Waals surface area contributed by atoms with E-state index in [0.717, 1.165) is 31.1 Å². The highest BCUT2D eigenvalue weighted by molar-refractivity contribution is 5.42. The second kappa shape index (κ2) is 7.16. The van der Waals surface area contributed by atoms with E-state index in [4.69, 9.17) is 0 Å². The summed E-state index contributed by atoms with van der Waals surface area (Å²) in [5.74, 6) is 1.54. The molecule has 1 unspecified atom stereocenters. The van der Waals surface area contributed by atoms with Crippen molar-refractivity contribution in [2.75, 3.05) is 37.3 Å². The molecule has 1 heterocycles. The summed E-state index contributed by atoms with van der Waals surface area (Å²) in [6.45, 7) is 11.7. The molecule has 0 aliphatic rings. The van der Waals surface area contributed by atoms with Gasteiger partial charge in [0.15, 0.2) is 0 Å². The first-order chi connectivity index (χ1) is 8.58. The van der Waals surface area contributed by atoms with Gasteiger partial charge in [0, 0.05) is 31.4 Å². The lowest BCUT2D eigenvalue weighted by molar-refractivity contribution is 0.294. The number of hydrogen-bond donors (Lipinski definition) is 2. The molecule has 0 aromatic carbocycles. The molecule has 5 heteroatoms. The van der Waals surface area contributed by atoms with Crippen LogP contribution in [0.1, 0.15) is 26.5 Å². The minimum atomic E-state index is 0.365. The Bertz CT molecular complexity index is 362. The van der Waals surface area contributed by atoms with Gasteiger partial charge in [-0.1, -0.05) is 13.8 Å². The van der Waals surface area contributed by atoms with E-state index in [0.29, 0.717) is 12.0 Å². The van der Waals surface area contributed by atoms with Crippen LogP contribution in [0.25, 0.3) is 0 Å². The highest BCUT2D eigenvalue weighted by atomic mass is 15.2. The van der Waals surface area contributed by atoms with Crippen LogP contribution >= 0.6 is 0 Å². The zero-order valence-electron chi connectivity index (χ0n) is 12.1. The number of nitrogens with zero attached hydrogens (tertiary/aromatic N) is 3. The molecule has 18 heavy (non-hydrogen) atoms. The standard InChI is InChI=1S/C13H25N5/c1-6-18(7-2)9-11(4)15-12-8-10(3)16-13(14-5)17-12/h8,11H,6-7,9H2,1-5H3,(H2,14,15,16,17). The Labute approximate surface area is 110 Å². The van der Waals surface area contributed by atoms with E-state index in [-0.39, 0.29) is 0 Å². The molecular weight excluding hydrogens is 226 g/mol. The largest absolute Gasteiger partial charge is 0.366 e. The van der Waals surface area contributed by atoms with Crippen LogP contribution in [0.15, 0.2) is 6.07 Å². The molecule has 1 rings (SSSR count). The molecule has 0 amide bonds. The van der Waals surface area contributed by atoms with E-state index in [9.17, 15) is 0 Å². The van der Waals surface area contributed by atoms with E-state index >= 15 is 0 Å². The third-order valence-corrected chi connectivity index (χ3v) is 2.90. The molecule has 1 aromatic rings. The highest BCUT2D eigenvalue weighted by Crippen LogP contribution is 2.10. The van der Waals surface area contributed by atoms with Crippen molar-refractivity contribution in [3.63, 3.8) is 0 Å². The summed E-state index contributed by atoms with van der Waals surface area (Å²) in [5.41, 5.74) is 0.965. The molecule has 1 atom stereocenters. The normalized spacial score (nSPS) is 12.6. The first-order valence-corrected chi connectivity index (χ1v) is 6.61. The molecule has 0 spiro atoms. The van der Waals surface area contributed by atoms with Gasteiger partial charge in [-0.15, -0.1) is 0 Å². The summed E-state index contributed by atoms with van der Waals surface area (Å²) >= 11 is 0. The molecule has 0 saturated carbocycles. The monoisotopic (exact) mass is 251 g/mol. The number of aryl methyl sites for hydroxylation is 1. The summed E-state index contributed by atoms with van der Waals surface area (Å²) < 4.78 is 0. The third kappa shape index (κ3) is 4.49. The van der Waals surface area contributed by atoms with Crippen molar-refractivity contribution in [3.05, 3.63) is 11.8 Å². The number of aromatic nitrogens is 2. The first-order valence-electron chi connectivity index (χ1n) is 6.61. The molecule has 102 valence electrons. The predicted octanol–water partition coefficient (Wildman–Crippen LogP) is 1.97. The minimum absolute atomic E-state index is 0.365. The van der Waals surface area contributed by atoms with Gasteiger partial charge in [-0.25, -0.2) is 4.98 Å². The Morgan fingerprint density at radius 1 is 1.28 bits per heavy atom. The van der Waals surface area contributed by atoms with E-state index in [1.165, 1.54) is 0 Å². The zero-order valence-corrected chi connectivity index (χ0v) is 12.1. The topological polar surface area (TPSA) is 53.1 Å². The van der Waals surface area contributed by atoms with Crippen molar-refractivity contribution >= 4 is 11.8 Å². The molecule has 5 nitrogen and oxygen atoms in total. The van der Waals surface area contributed by atoms with Gasteiger partial charge in [0.1, 0.15) is 5.82 Å². The average molecular weight is 251 g/mol. The Kier molecular flexibility index (Phi) is 5.85. The number of rotatable bonds is 7. The van der Waals surface area contributed by atoms with Gasteiger partial charge >= 0.3 is 0 Å². The zero-order chi connectivity index (χ0) is 13.5. The number of likely N-dealkylation sites (N-methyl/N-ethyl adjacent to an activating group) is 1. The quantitative estimate of drug-likeness (QED) is 0.776. The highest BCUT2D eigenvalue weighted by Gasteiger charge is 2.08. The molecule has 0 fully saturated rings. The van der Waals surface area contributed by atoms with Gasteiger partial charge in [0.05, 0.1) is 0 Å². The van der Waals surface area contributed by atoms with Crippen LogP contribution in [0.4, 0.5) is 11.8 Å². The van der Waals surface area contributed by atoms with Crippen LogP contribution in [0.3, 0.4) is 0 Å². The fraction of sp³-hybridized carbons (Fsp3) is 0.692. The number of nitrogens with one attached hydrogen (secondary N) is 2. The summed E-state index contributed by atoms with van der Waals surface area (Å²) in [4.78, 5) is 11.1. The molecular formula is C13H25N5. The number of anilines is 2. The maximum absolute atomic E-state index is 4.40. The van der Waals surface area contributed by atoms with Crippen LogP contribution in [0.5, 0.6) is 0 Å². The second-order valence-electron chi connectivity index (χ2n) is 4.50. The Morgan fingerprint density at radius 3 is 2.50 bits per heavy atom. The molecule has 0 saturated heterocycles. The Hall–Kier alpha value is -1.36. The smallest absolute Gasteiger partial charge is 0.224 e. The van der Waals surface area contributed by atoms with Crippen LogP contribution < -0.4 is 10.6 Å². The van der Waals surface area contributed by atoms with E-state index < -0.39 is 0 Å². The molecule has 0 radical (unpaired) electrons. The average Bonchev–Trinajstić information content (AvgIpc) is 2.35. The maximum Gasteiger partial charge on any atom is 0.224 e. The SMILES string of the molecule is CCN(CC)CC(C)Nc1cc(C)nc(NC)n1. The van der Waals surface area contributed by atoms with Gasteiger partial charge in [0.2, 0.25) is 5.95 Å². The lowest BCUT2D eigenvalue weighted by atomic mass is 10.3. The minimum Gasteiger partial charge on any atom is -0.366 e. The summed E-state index contributed by atoms with van der Waals surface area (Å²) in [5, 5.41) is 6.40. The number of hydrogen-bond acceptors (Lipinski definition) is 5. The summed E-state index contributed by atoms with van der Waals surface area (Å²) in [7, 11) is 1.83. The van der Waals surface area contributed by atoms with E-state index in [2.05, 4.69) is 46.3 Å². The van der Waals surface area contributed by atoms with Crippen molar-refractivity contribution in [3.8, 4) is 0 Å². The van der Waals surface area contributed by atoms with Crippen molar-refractivity contribution in [2.24, 2.45) is 0 Å². The van der Waals surface area contributed by atoms with Crippen LogP contribution in [0, 0.1) is 6.92 Å². The van der Waals surface area contributed by atoms with Gasteiger partial charge in [-0.3, -0.25) is 0 Å². The Morgan fingerprint density at radius 2 is 1.94 bits per heavy atom. The molecule has 2 N–H and O–H groups in total. The van der Waals surface area contributed by atoms with Crippen molar-refractivity contribution < 1.29 is 0 Å². The third-order valence-electron chi connectivity index (χ3n) is 2.90. The van der Waals surface area contributed by atoms with Crippen molar-refractivity contribution in [1.82, 2.24) is 14.9 Å². The van der Waals surface area contributed by atoms with Crippen LogP contribution in [0.2, 0.25) is 0 Å². The fourth-order valence-corrected chi connectivity index (χ4v) is 1.92. The molecule has 1 aromatic heterocycles. The summed E-state index contributed by atoms with van der Waals surface area (Å²) in [6, 6.07) is 2.34. The van der Waals surface area contributed by atoms with Gasteiger partial charge in [0.25, 0.3) is 0 Å². The van der Waals surface area contributed by atoms with Gasteiger partial charge < -0.3 is 15.5 Å². The molecule has 0 aliphatic carbocycles. The maximum atomic E-state index is 4.40. The fourth-order valence-electron chi connectivity index (χ4n) is 1.92. The molecule has 0 bridgehead atoms. The van der Waals surface area contributed by atoms with Gasteiger partial charge in [-0.05, 0) is 26.9 Å². The predicted molar refractivity (Wildman–Crippen MR) is 77.2 cm³/mol. The van der Waals surface area contributed by atoms with E-state index in [1.807, 2.05) is 20.0 Å². The first kappa shape index (κ1) is 14.7. The summed E-state index contributed by atoms with van der Waals surface area (Å²) in [6.07, 6.45) is 0. The van der Waals surface area contributed by atoms with Gasteiger partial charge in [-0.2, -0.15) is 4.98 Å². The molecule has 0 aliphatic heterocycles. The lowest BCUT2D eigenvalue weighted by Gasteiger charge is -2.23. The second-order valence-corrected chi connectivity index (χ2v) is 4.50. The van der Waals surface area contributed by atoms with E-state index in [1.54, 1.807) is 0 Å².